The van der Waals surface area contributed by atoms with Crippen LogP contribution in [0.25, 0.3) is 0 Å². The highest BCUT2D eigenvalue weighted by atomic mass is 16.6. The summed E-state index contributed by atoms with van der Waals surface area (Å²) in [6.45, 7) is 3.76. The van der Waals surface area contributed by atoms with Gasteiger partial charge in [0, 0.05) is 6.54 Å². The van der Waals surface area contributed by atoms with Crippen LogP contribution in [0.3, 0.4) is 0 Å². The third-order valence-electron chi connectivity index (χ3n) is 4.76. The van der Waals surface area contributed by atoms with Crippen LogP contribution in [-0.4, -0.2) is 40.8 Å². The maximum absolute atomic E-state index is 13.2. The van der Waals surface area contributed by atoms with Gasteiger partial charge >= 0.3 is 0 Å². The standard InChI is InChI=1S/C18H21N3O3/c1-12-11-19-20-16(12)14-6-2-3-8-21(14)18(22)13-5-4-7-15-17(13)24-10-9-23-15/h4-5,7,11,14H,2-3,6,8-10H2,1H3,(H,19,20). The summed E-state index contributed by atoms with van der Waals surface area (Å²) in [5.41, 5.74) is 2.70. The number of para-hydroxylation sites is 1. The molecule has 6 heteroatoms. The van der Waals surface area contributed by atoms with Crippen molar-refractivity contribution in [1.29, 1.82) is 0 Å². The third kappa shape index (κ3) is 2.52. The van der Waals surface area contributed by atoms with E-state index in [0.717, 1.165) is 37.1 Å². The summed E-state index contributed by atoms with van der Waals surface area (Å²) in [6.07, 6.45) is 4.89. The van der Waals surface area contributed by atoms with Crippen LogP contribution in [0.4, 0.5) is 0 Å². The minimum Gasteiger partial charge on any atom is -0.486 e. The van der Waals surface area contributed by atoms with Gasteiger partial charge in [-0.25, -0.2) is 0 Å². The molecule has 1 saturated heterocycles. The maximum Gasteiger partial charge on any atom is 0.258 e. The highest BCUT2D eigenvalue weighted by Crippen LogP contribution is 2.38. The number of carbonyl (C=O) groups is 1. The number of rotatable bonds is 2. The van der Waals surface area contributed by atoms with Crippen molar-refractivity contribution in [3.05, 3.63) is 41.2 Å². The van der Waals surface area contributed by atoms with E-state index >= 15 is 0 Å². The monoisotopic (exact) mass is 327 g/mol. The molecule has 1 amide bonds. The molecule has 1 unspecified atom stereocenters. The number of aromatic amines is 1. The molecule has 1 N–H and O–H groups in total. The predicted octanol–water partition coefficient (Wildman–Crippen LogP) is 2.86. The molecule has 2 aliphatic heterocycles. The zero-order valence-electron chi connectivity index (χ0n) is 13.7. The lowest BCUT2D eigenvalue weighted by Crippen LogP contribution is -2.39. The summed E-state index contributed by atoms with van der Waals surface area (Å²) >= 11 is 0. The van der Waals surface area contributed by atoms with Crippen LogP contribution in [0, 0.1) is 6.92 Å². The van der Waals surface area contributed by atoms with Gasteiger partial charge in [-0.2, -0.15) is 5.10 Å². The second kappa shape index (κ2) is 6.19. The van der Waals surface area contributed by atoms with E-state index < -0.39 is 0 Å². The molecule has 1 aromatic heterocycles. The first kappa shape index (κ1) is 15.1. The normalized spacial score (nSPS) is 20.0. The number of benzene rings is 1. The van der Waals surface area contributed by atoms with Crippen molar-refractivity contribution >= 4 is 5.91 Å². The summed E-state index contributed by atoms with van der Waals surface area (Å²) in [5, 5.41) is 7.20. The molecule has 2 aromatic rings. The van der Waals surface area contributed by atoms with Crippen LogP contribution in [0.15, 0.2) is 24.4 Å². The first-order chi connectivity index (χ1) is 11.8. The van der Waals surface area contributed by atoms with Gasteiger partial charge in [0.05, 0.1) is 23.5 Å². The molecule has 1 atom stereocenters. The quantitative estimate of drug-likeness (QED) is 0.921. The van der Waals surface area contributed by atoms with Crippen LogP contribution in [0.1, 0.15) is 46.9 Å². The van der Waals surface area contributed by atoms with E-state index in [4.69, 9.17) is 9.47 Å². The van der Waals surface area contributed by atoms with Gasteiger partial charge in [0.2, 0.25) is 0 Å². The maximum atomic E-state index is 13.2. The topological polar surface area (TPSA) is 67.5 Å². The molecule has 0 bridgehead atoms. The lowest BCUT2D eigenvalue weighted by Gasteiger charge is -2.36. The number of likely N-dealkylation sites (tertiary alicyclic amines) is 1. The SMILES string of the molecule is Cc1cn[nH]c1C1CCCCN1C(=O)c1cccc2c1OCCO2. The number of hydrogen-bond acceptors (Lipinski definition) is 4. The van der Waals surface area contributed by atoms with Gasteiger partial charge in [-0.05, 0) is 43.9 Å². The van der Waals surface area contributed by atoms with Crippen molar-refractivity contribution in [2.75, 3.05) is 19.8 Å². The number of ether oxygens (including phenoxy) is 2. The van der Waals surface area contributed by atoms with E-state index in [1.807, 2.05) is 36.2 Å². The van der Waals surface area contributed by atoms with Gasteiger partial charge in [0.15, 0.2) is 11.5 Å². The number of hydrogen-bond donors (Lipinski definition) is 1. The van der Waals surface area contributed by atoms with Gasteiger partial charge in [0.25, 0.3) is 5.91 Å². The fourth-order valence-electron chi connectivity index (χ4n) is 3.57. The number of carbonyl (C=O) groups excluding carboxylic acids is 1. The summed E-state index contributed by atoms with van der Waals surface area (Å²) in [7, 11) is 0. The second-order valence-corrected chi connectivity index (χ2v) is 6.31. The lowest BCUT2D eigenvalue weighted by molar-refractivity contribution is 0.0596. The minimum atomic E-state index is -0.00366. The first-order valence-corrected chi connectivity index (χ1v) is 8.45. The number of H-pyrrole nitrogens is 1. The van der Waals surface area contributed by atoms with Gasteiger partial charge in [0.1, 0.15) is 13.2 Å². The Balaban J connectivity index is 1.69. The zero-order chi connectivity index (χ0) is 16.5. The molecule has 1 aromatic carbocycles. The molecule has 4 rings (SSSR count). The Kier molecular flexibility index (Phi) is 3.88. The molecule has 24 heavy (non-hydrogen) atoms. The van der Waals surface area contributed by atoms with Crippen molar-refractivity contribution in [3.8, 4) is 11.5 Å². The van der Waals surface area contributed by atoms with Gasteiger partial charge in [-0.1, -0.05) is 6.07 Å². The number of fused-ring (bicyclic) bond motifs is 1. The molecule has 3 heterocycles. The minimum absolute atomic E-state index is 0.00366. The van der Waals surface area contributed by atoms with Crippen LogP contribution in [0.5, 0.6) is 11.5 Å². The number of piperidine rings is 1. The highest BCUT2D eigenvalue weighted by Gasteiger charge is 2.33. The molecule has 0 radical (unpaired) electrons. The van der Waals surface area contributed by atoms with E-state index in [9.17, 15) is 4.79 Å². The molecule has 1 fully saturated rings. The largest absolute Gasteiger partial charge is 0.486 e. The highest BCUT2D eigenvalue weighted by molar-refractivity contribution is 5.98. The lowest BCUT2D eigenvalue weighted by atomic mass is 9.96. The number of nitrogens with zero attached hydrogens (tertiary/aromatic N) is 2. The van der Waals surface area contributed by atoms with Crippen molar-refractivity contribution in [3.63, 3.8) is 0 Å². The fourth-order valence-corrected chi connectivity index (χ4v) is 3.57. The summed E-state index contributed by atoms with van der Waals surface area (Å²) < 4.78 is 11.3. The van der Waals surface area contributed by atoms with Crippen molar-refractivity contribution in [2.45, 2.75) is 32.2 Å². The average molecular weight is 327 g/mol. The Hall–Kier alpha value is -2.50. The molecule has 6 nitrogen and oxygen atoms in total. The number of nitrogens with one attached hydrogen (secondary N) is 1. The van der Waals surface area contributed by atoms with Crippen LogP contribution in [-0.2, 0) is 0 Å². The molecule has 0 spiro atoms. The predicted molar refractivity (Wildman–Crippen MR) is 88.4 cm³/mol. The summed E-state index contributed by atoms with van der Waals surface area (Å²) in [6, 6.07) is 5.55. The van der Waals surface area contributed by atoms with Gasteiger partial charge < -0.3 is 14.4 Å². The Morgan fingerprint density at radius 3 is 3.00 bits per heavy atom. The van der Waals surface area contributed by atoms with Crippen LogP contribution >= 0.6 is 0 Å². The van der Waals surface area contributed by atoms with E-state index in [-0.39, 0.29) is 11.9 Å². The fraction of sp³-hybridized carbons (Fsp3) is 0.444. The number of aromatic nitrogens is 2. The molecule has 0 aliphatic carbocycles. The third-order valence-corrected chi connectivity index (χ3v) is 4.76. The zero-order valence-corrected chi connectivity index (χ0v) is 13.7. The Morgan fingerprint density at radius 1 is 1.29 bits per heavy atom. The van der Waals surface area contributed by atoms with Crippen molar-refractivity contribution < 1.29 is 14.3 Å². The van der Waals surface area contributed by atoms with E-state index in [1.54, 1.807) is 0 Å². The van der Waals surface area contributed by atoms with Crippen LogP contribution < -0.4 is 9.47 Å². The molecule has 0 saturated carbocycles. The number of aryl methyl sites for hydroxylation is 1. The summed E-state index contributed by atoms with van der Waals surface area (Å²) in [5.74, 6) is 1.22. The molecular weight excluding hydrogens is 306 g/mol. The Morgan fingerprint density at radius 2 is 2.17 bits per heavy atom. The second-order valence-electron chi connectivity index (χ2n) is 6.31. The van der Waals surface area contributed by atoms with Crippen molar-refractivity contribution in [1.82, 2.24) is 15.1 Å². The average Bonchev–Trinajstić information content (AvgIpc) is 3.06. The van der Waals surface area contributed by atoms with E-state index in [1.165, 1.54) is 0 Å². The van der Waals surface area contributed by atoms with Gasteiger partial charge in [-0.3, -0.25) is 9.89 Å². The Labute approximate surface area is 140 Å². The van der Waals surface area contributed by atoms with Crippen molar-refractivity contribution in [2.24, 2.45) is 0 Å². The molecule has 126 valence electrons. The number of amides is 1. The molecular formula is C18H21N3O3. The van der Waals surface area contributed by atoms with Crippen LogP contribution in [0.2, 0.25) is 0 Å². The molecule has 2 aliphatic rings. The smallest absolute Gasteiger partial charge is 0.258 e. The van der Waals surface area contributed by atoms with Gasteiger partial charge in [-0.15, -0.1) is 0 Å². The first-order valence-electron chi connectivity index (χ1n) is 8.45. The summed E-state index contributed by atoms with van der Waals surface area (Å²) in [4.78, 5) is 15.2. The Bertz CT molecular complexity index is 756. The van der Waals surface area contributed by atoms with E-state index in [0.29, 0.717) is 30.3 Å². The van der Waals surface area contributed by atoms with E-state index in [2.05, 4.69) is 10.2 Å².